The number of rotatable bonds is 8. The Kier molecular flexibility index (Phi) is 7.69. The van der Waals surface area contributed by atoms with Crippen LogP contribution in [-0.4, -0.2) is 87.5 Å². The van der Waals surface area contributed by atoms with Gasteiger partial charge in [-0.3, -0.25) is 9.80 Å². The highest BCUT2D eigenvalue weighted by Gasteiger charge is 2.41. The molecule has 2 N–H and O–H groups in total. The number of nitrogens with one attached hydrogen (secondary N) is 2. The summed E-state index contributed by atoms with van der Waals surface area (Å²) in [5.74, 6) is 1.66. The molecule has 1 aromatic carbocycles. The standard InChI is InChI=1S/C24H39N5OS/c1-27(2)21-8-6-20(7-9-21)26-24(31)25-14-23-13-18-10-12-29(23)16-19(18)15-28-11-4-5-22(28)17-30-3/h6-9,18-19,22-23H,4-5,10-17H2,1-3H3,(H2,25,26,31)/t18-,19+,22-,23+/m1/s1. The van der Waals surface area contributed by atoms with Crippen LogP contribution < -0.4 is 15.5 Å². The molecule has 31 heavy (non-hydrogen) atoms. The van der Waals surface area contributed by atoms with E-state index in [0.29, 0.717) is 12.1 Å². The van der Waals surface area contributed by atoms with Gasteiger partial charge in [-0.05, 0) is 87.1 Å². The zero-order valence-electron chi connectivity index (χ0n) is 19.3. The topological polar surface area (TPSA) is 43.0 Å². The van der Waals surface area contributed by atoms with Crippen LogP contribution in [0.15, 0.2) is 24.3 Å². The predicted molar refractivity (Wildman–Crippen MR) is 133 cm³/mol. The van der Waals surface area contributed by atoms with Gasteiger partial charge < -0.3 is 20.3 Å². The van der Waals surface area contributed by atoms with Gasteiger partial charge in [-0.2, -0.15) is 0 Å². The van der Waals surface area contributed by atoms with Crippen molar-refractivity contribution in [3.05, 3.63) is 24.3 Å². The van der Waals surface area contributed by atoms with E-state index in [4.69, 9.17) is 17.0 Å². The van der Waals surface area contributed by atoms with Gasteiger partial charge in [-0.25, -0.2) is 0 Å². The minimum absolute atomic E-state index is 0.596. The molecular formula is C24H39N5OS. The van der Waals surface area contributed by atoms with E-state index in [1.807, 2.05) is 7.11 Å². The van der Waals surface area contributed by atoms with Gasteiger partial charge in [-0.15, -0.1) is 0 Å². The molecule has 0 amide bonds. The monoisotopic (exact) mass is 445 g/mol. The molecule has 2 bridgehead atoms. The molecular weight excluding hydrogens is 406 g/mol. The number of ether oxygens (including phenoxy) is 1. The number of thiocarbonyl (C=S) groups is 1. The van der Waals surface area contributed by atoms with E-state index in [1.165, 1.54) is 57.5 Å². The molecule has 4 saturated heterocycles. The second kappa shape index (κ2) is 10.5. The van der Waals surface area contributed by atoms with Crippen molar-refractivity contribution in [1.29, 1.82) is 0 Å². The van der Waals surface area contributed by atoms with Crippen molar-refractivity contribution in [2.24, 2.45) is 11.8 Å². The van der Waals surface area contributed by atoms with Gasteiger partial charge in [0.1, 0.15) is 0 Å². The van der Waals surface area contributed by atoms with Gasteiger partial charge in [0.15, 0.2) is 5.11 Å². The number of nitrogens with zero attached hydrogens (tertiary/aromatic N) is 3. The maximum atomic E-state index is 5.56. The van der Waals surface area contributed by atoms with Crippen molar-refractivity contribution in [2.75, 3.05) is 70.8 Å². The third kappa shape index (κ3) is 5.69. The Balaban J connectivity index is 1.23. The minimum atomic E-state index is 0.596. The molecule has 4 fully saturated rings. The lowest BCUT2D eigenvalue weighted by Gasteiger charge is -2.51. The summed E-state index contributed by atoms with van der Waals surface area (Å²) in [4.78, 5) is 7.50. The summed E-state index contributed by atoms with van der Waals surface area (Å²) in [6.07, 6.45) is 5.26. The summed E-state index contributed by atoms with van der Waals surface area (Å²) >= 11 is 5.56. The van der Waals surface area contributed by atoms with Crippen LogP contribution >= 0.6 is 12.2 Å². The Morgan fingerprint density at radius 2 is 1.97 bits per heavy atom. The average molecular weight is 446 g/mol. The summed E-state index contributed by atoms with van der Waals surface area (Å²) in [6.45, 7) is 6.79. The third-order valence-corrected chi connectivity index (χ3v) is 7.73. The fourth-order valence-electron chi connectivity index (χ4n) is 5.72. The first-order valence-electron chi connectivity index (χ1n) is 11.8. The van der Waals surface area contributed by atoms with Gasteiger partial charge in [0.25, 0.3) is 0 Å². The van der Waals surface area contributed by atoms with Crippen molar-refractivity contribution in [2.45, 2.75) is 37.8 Å². The summed E-state index contributed by atoms with van der Waals surface area (Å²) in [5, 5.41) is 7.53. The van der Waals surface area contributed by atoms with Crippen molar-refractivity contribution in [3.63, 3.8) is 0 Å². The van der Waals surface area contributed by atoms with Crippen molar-refractivity contribution in [1.82, 2.24) is 15.1 Å². The number of hydrogen-bond donors (Lipinski definition) is 2. The van der Waals surface area contributed by atoms with Crippen LogP contribution in [0.5, 0.6) is 0 Å². The smallest absolute Gasteiger partial charge is 0.170 e. The Morgan fingerprint density at radius 1 is 1.16 bits per heavy atom. The van der Waals surface area contributed by atoms with Gasteiger partial charge in [0.2, 0.25) is 0 Å². The molecule has 1 unspecified atom stereocenters. The number of hydrogen-bond acceptors (Lipinski definition) is 5. The van der Waals surface area contributed by atoms with Crippen molar-refractivity contribution >= 4 is 28.7 Å². The molecule has 4 heterocycles. The maximum absolute atomic E-state index is 5.56. The van der Waals surface area contributed by atoms with Crippen LogP contribution in [0.1, 0.15) is 25.7 Å². The molecule has 4 aliphatic heterocycles. The number of methoxy groups -OCH3 is 1. The number of anilines is 2. The predicted octanol–water partition coefficient (Wildman–Crippen LogP) is 2.86. The summed E-state index contributed by atoms with van der Waals surface area (Å²) < 4.78 is 5.46. The highest BCUT2D eigenvalue weighted by atomic mass is 32.1. The summed E-state index contributed by atoms with van der Waals surface area (Å²) in [7, 11) is 5.94. The molecule has 7 heteroatoms. The number of piperidine rings is 3. The van der Waals surface area contributed by atoms with Crippen molar-refractivity contribution < 1.29 is 4.74 Å². The lowest BCUT2D eigenvalue weighted by atomic mass is 9.75. The summed E-state index contributed by atoms with van der Waals surface area (Å²) in [6, 6.07) is 9.60. The maximum Gasteiger partial charge on any atom is 0.170 e. The number of benzene rings is 1. The minimum Gasteiger partial charge on any atom is -0.383 e. The first kappa shape index (κ1) is 22.8. The molecule has 0 spiro atoms. The van der Waals surface area contributed by atoms with Crippen LogP contribution in [-0.2, 0) is 4.74 Å². The largest absolute Gasteiger partial charge is 0.383 e. The number of likely N-dealkylation sites (tertiary alicyclic amines) is 1. The fraction of sp³-hybridized carbons (Fsp3) is 0.708. The van der Waals surface area contributed by atoms with E-state index in [9.17, 15) is 0 Å². The molecule has 0 saturated carbocycles. The van der Waals surface area contributed by atoms with E-state index in [2.05, 4.69) is 63.7 Å². The summed E-state index contributed by atoms with van der Waals surface area (Å²) in [5.41, 5.74) is 2.22. The molecule has 5 atom stereocenters. The van der Waals surface area contributed by atoms with Gasteiger partial charge in [0, 0.05) is 64.3 Å². The van der Waals surface area contributed by atoms with E-state index in [-0.39, 0.29) is 0 Å². The zero-order valence-corrected chi connectivity index (χ0v) is 20.2. The zero-order chi connectivity index (χ0) is 21.8. The van der Waals surface area contributed by atoms with E-state index in [0.717, 1.165) is 35.8 Å². The SMILES string of the molecule is COC[C@H]1CCCN1C[C@H]1CN2CC[C@@H]1C[C@H]2CNC(=S)Nc1ccc(N(C)C)cc1. The molecule has 0 aliphatic carbocycles. The lowest BCUT2D eigenvalue weighted by molar-refractivity contribution is -0.0158. The Morgan fingerprint density at radius 3 is 2.65 bits per heavy atom. The normalized spacial score (nSPS) is 30.4. The number of fused-ring (bicyclic) bond motifs is 3. The van der Waals surface area contributed by atoms with Gasteiger partial charge in [0.05, 0.1) is 6.61 Å². The Bertz CT molecular complexity index is 727. The molecule has 172 valence electrons. The highest BCUT2D eigenvalue weighted by molar-refractivity contribution is 7.80. The quantitative estimate of drug-likeness (QED) is 0.597. The van der Waals surface area contributed by atoms with Gasteiger partial charge >= 0.3 is 0 Å². The van der Waals surface area contributed by atoms with E-state index < -0.39 is 0 Å². The Hall–Kier alpha value is -1.41. The van der Waals surface area contributed by atoms with Crippen LogP contribution in [0.25, 0.3) is 0 Å². The first-order valence-corrected chi connectivity index (χ1v) is 12.2. The van der Waals surface area contributed by atoms with Crippen LogP contribution in [0.3, 0.4) is 0 Å². The van der Waals surface area contributed by atoms with Crippen molar-refractivity contribution in [3.8, 4) is 0 Å². The van der Waals surface area contributed by atoms with Crippen LogP contribution in [0.2, 0.25) is 0 Å². The lowest BCUT2D eigenvalue weighted by Crippen LogP contribution is -2.59. The fourth-order valence-corrected chi connectivity index (χ4v) is 5.92. The average Bonchev–Trinajstić information content (AvgIpc) is 3.20. The van der Waals surface area contributed by atoms with Gasteiger partial charge in [-0.1, -0.05) is 0 Å². The van der Waals surface area contributed by atoms with E-state index >= 15 is 0 Å². The first-order chi connectivity index (χ1) is 15.0. The van der Waals surface area contributed by atoms with E-state index in [1.54, 1.807) is 0 Å². The second-order valence-electron chi connectivity index (χ2n) is 9.72. The molecule has 6 nitrogen and oxygen atoms in total. The molecule has 4 aliphatic rings. The molecule has 0 aromatic heterocycles. The second-order valence-corrected chi connectivity index (χ2v) is 10.1. The molecule has 0 radical (unpaired) electrons. The Labute approximate surface area is 193 Å². The molecule has 5 rings (SSSR count). The third-order valence-electron chi connectivity index (χ3n) is 7.48. The van der Waals surface area contributed by atoms with Crippen LogP contribution in [0, 0.1) is 11.8 Å². The van der Waals surface area contributed by atoms with Crippen LogP contribution in [0.4, 0.5) is 11.4 Å². The molecule has 1 aromatic rings. The highest BCUT2D eigenvalue weighted by Crippen LogP contribution is 2.37.